The fourth-order valence-electron chi connectivity index (χ4n) is 2.58. The largest absolute Gasteiger partial charge is 0.419 e. The molecule has 0 unspecified atom stereocenters. The van der Waals surface area contributed by atoms with E-state index in [4.69, 9.17) is 9.40 Å². The quantitative estimate of drug-likeness (QED) is 0.518. The molecule has 0 saturated carbocycles. The molecule has 6 nitrogen and oxygen atoms in total. The van der Waals surface area contributed by atoms with Crippen LogP contribution in [0.2, 0.25) is 0 Å². The molecule has 26 heavy (non-hydrogen) atoms. The number of aromatic nitrogens is 4. The second-order valence-electron chi connectivity index (χ2n) is 5.92. The molecule has 4 aromatic rings. The third-order valence-corrected chi connectivity index (χ3v) is 4.73. The molecule has 3 heterocycles. The Morgan fingerprint density at radius 1 is 1.00 bits per heavy atom. The molecule has 0 atom stereocenters. The van der Waals surface area contributed by atoms with Crippen LogP contribution < -0.4 is 0 Å². The van der Waals surface area contributed by atoms with Crippen LogP contribution in [-0.2, 0) is 13.1 Å². The summed E-state index contributed by atoms with van der Waals surface area (Å²) in [6.07, 6.45) is 3.42. The van der Waals surface area contributed by atoms with Crippen LogP contribution in [0.4, 0.5) is 0 Å². The summed E-state index contributed by atoms with van der Waals surface area (Å²) in [4.78, 5) is 10.9. The lowest BCUT2D eigenvalue weighted by Gasteiger charge is -2.12. The third kappa shape index (κ3) is 3.84. The number of hydrogen-bond acceptors (Lipinski definition) is 7. The van der Waals surface area contributed by atoms with Crippen molar-refractivity contribution in [3.63, 3.8) is 0 Å². The van der Waals surface area contributed by atoms with E-state index in [0.29, 0.717) is 24.9 Å². The van der Waals surface area contributed by atoms with E-state index < -0.39 is 0 Å². The summed E-state index contributed by atoms with van der Waals surface area (Å²) >= 11 is 1.66. The van der Waals surface area contributed by atoms with Crippen LogP contribution in [0.25, 0.3) is 22.0 Å². The van der Waals surface area contributed by atoms with Crippen molar-refractivity contribution in [2.75, 3.05) is 7.05 Å². The van der Waals surface area contributed by atoms with E-state index in [1.807, 2.05) is 37.4 Å². The van der Waals surface area contributed by atoms with Crippen molar-refractivity contribution in [1.82, 2.24) is 25.1 Å². The predicted molar refractivity (Wildman–Crippen MR) is 100 cm³/mol. The van der Waals surface area contributed by atoms with Gasteiger partial charge in [-0.1, -0.05) is 30.3 Å². The minimum Gasteiger partial charge on any atom is -0.419 e. The Hall–Kier alpha value is -2.90. The van der Waals surface area contributed by atoms with Crippen molar-refractivity contribution < 1.29 is 4.42 Å². The molecule has 1 aromatic carbocycles. The lowest BCUT2D eigenvalue weighted by molar-refractivity contribution is 0.280. The van der Waals surface area contributed by atoms with E-state index in [-0.39, 0.29) is 0 Å². The summed E-state index contributed by atoms with van der Waals surface area (Å²) in [7, 11) is 2.01. The molecule has 3 aromatic heterocycles. The van der Waals surface area contributed by atoms with Gasteiger partial charge in [0.05, 0.1) is 17.8 Å². The van der Waals surface area contributed by atoms with Gasteiger partial charge in [0.2, 0.25) is 11.8 Å². The van der Waals surface area contributed by atoms with Gasteiger partial charge in [-0.2, -0.15) is 0 Å². The zero-order valence-electron chi connectivity index (χ0n) is 14.2. The Balaban J connectivity index is 1.40. The fraction of sp³-hybridized carbons (Fsp3) is 0.158. The average molecular weight is 363 g/mol. The first-order chi connectivity index (χ1) is 12.8. The molecule has 4 rings (SSSR count). The Labute approximate surface area is 155 Å². The van der Waals surface area contributed by atoms with Crippen LogP contribution in [0.5, 0.6) is 0 Å². The topological polar surface area (TPSA) is 67.9 Å². The van der Waals surface area contributed by atoms with Crippen molar-refractivity contribution in [3.05, 3.63) is 71.8 Å². The van der Waals surface area contributed by atoms with Gasteiger partial charge < -0.3 is 4.42 Å². The van der Waals surface area contributed by atoms with Crippen LogP contribution in [0.15, 0.2) is 64.7 Å². The minimum atomic E-state index is 0.488. The van der Waals surface area contributed by atoms with Gasteiger partial charge in [0.15, 0.2) is 0 Å². The van der Waals surface area contributed by atoms with Crippen molar-refractivity contribution >= 4 is 11.3 Å². The first kappa shape index (κ1) is 16.6. The highest BCUT2D eigenvalue weighted by molar-refractivity contribution is 7.13. The van der Waals surface area contributed by atoms with E-state index in [0.717, 1.165) is 21.8 Å². The summed E-state index contributed by atoms with van der Waals surface area (Å²) in [5.41, 5.74) is 2.99. The number of benzene rings is 1. The molecule has 0 aliphatic heterocycles. The van der Waals surface area contributed by atoms with Crippen molar-refractivity contribution in [3.8, 4) is 22.0 Å². The van der Waals surface area contributed by atoms with Crippen LogP contribution in [-0.4, -0.2) is 32.1 Å². The highest BCUT2D eigenvalue weighted by atomic mass is 32.1. The number of pyridine rings is 1. The van der Waals surface area contributed by atoms with Gasteiger partial charge in [-0.05, 0) is 19.2 Å². The monoisotopic (exact) mass is 363 g/mol. The van der Waals surface area contributed by atoms with Crippen LogP contribution >= 0.6 is 11.3 Å². The molecule has 0 amide bonds. The fourth-order valence-corrected chi connectivity index (χ4v) is 3.40. The van der Waals surface area contributed by atoms with Gasteiger partial charge in [0.1, 0.15) is 5.01 Å². The highest BCUT2D eigenvalue weighted by Crippen LogP contribution is 2.24. The van der Waals surface area contributed by atoms with Crippen LogP contribution in [0, 0.1) is 0 Å². The van der Waals surface area contributed by atoms with Gasteiger partial charge in [-0.15, -0.1) is 21.5 Å². The summed E-state index contributed by atoms with van der Waals surface area (Å²) < 4.78 is 5.73. The summed E-state index contributed by atoms with van der Waals surface area (Å²) in [5.74, 6) is 1.06. The first-order valence-electron chi connectivity index (χ1n) is 8.19. The molecule has 0 aliphatic rings. The average Bonchev–Trinajstić information content (AvgIpc) is 3.33. The van der Waals surface area contributed by atoms with E-state index in [2.05, 4.69) is 37.6 Å². The molecule has 7 heteroatoms. The number of thiazole rings is 1. The number of rotatable bonds is 6. The van der Waals surface area contributed by atoms with E-state index in [9.17, 15) is 0 Å². The lowest BCUT2D eigenvalue weighted by Crippen LogP contribution is -2.17. The standard InChI is InChI=1S/C19H17N5OS/c1-24(11-16-13-26-19(21-16)14-6-3-2-4-7-14)12-17-22-23-18(25-17)15-8-5-9-20-10-15/h2-10,13H,11-12H2,1H3. The van der Waals surface area contributed by atoms with Crippen LogP contribution in [0.1, 0.15) is 11.6 Å². The molecule has 0 bridgehead atoms. The van der Waals surface area contributed by atoms with Crippen LogP contribution in [0.3, 0.4) is 0 Å². The maximum atomic E-state index is 5.73. The van der Waals surface area contributed by atoms with Crippen molar-refractivity contribution in [2.24, 2.45) is 0 Å². The first-order valence-corrected chi connectivity index (χ1v) is 9.07. The Bertz CT molecular complexity index is 888. The summed E-state index contributed by atoms with van der Waals surface area (Å²) in [5, 5.41) is 11.3. The molecule has 0 aliphatic carbocycles. The Kier molecular flexibility index (Phi) is 4.81. The Morgan fingerprint density at radius 2 is 1.85 bits per heavy atom. The number of nitrogens with zero attached hydrogens (tertiary/aromatic N) is 5. The van der Waals surface area contributed by atoms with Gasteiger partial charge in [-0.3, -0.25) is 9.88 Å². The zero-order chi connectivity index (χ0) is 17.8. The second-order valence-corrected chi connectivity index (χ2v) is 6.78. The van der Waals surface area contributed by atoms with E-state index in [1.54, 1.807) is 23.7 Å². The lowest BCUT2D eigenvalue weighted by atomic mass is 10.2. The SMILES string of the molecule is CN(Cc1csc(-c2ccccc2)n1)Cc1nnc(-c2cccnc2)o1. The van der Waals surface area contributed by atoms with Crippen molar-refractivity contribution in [2.45, 2.75) is 13.1 Å². The van der Waals surface area contributed by atoms with Crippen molar-refractivity contribution in [1.29, 1.82) is 0 Å². The molecule has 130 valence electrons. The van der Waals surface area contributed by atoms with E-state index >= 15 is 0 Å². The smallest absolute Gasteiger partial charge is 0.249 e. The maximum Gasteiger partial charge on any atom is 0.249 e. The minimum absolute atomic E-state index is 0.488. The second kappa shape index (κ2) is 7.55. The molecule has 0 N–H and O–H groups in total. The Morgan fingerprint density at radius 3 is 2.65 bits per heavy atom. The molecule has 0 spiro atoms. The third-order valence-electron chi connectivity index (χ3n) is 3.78. The summed E-state index contributed by atoms with van der Waals surface area (Å²) in [6, 6.07) is 14.0. The molecule has 0 radical (unpaired) electrons. The van der Waals surface area contributed by atoms with Gasteiger partial charge in [-0.25, -0.2) is 4.98 Å². The zero-order valence-corrected chi connectivity index (χ0v) is 15.1. The van der Waals surface area contributed by atoms with Gasteiger partial charge >= 0.3 is 0 Å². The molecular formula is C19H17N5OS. The summed E-state index contributed by atoms with van der Waals surface area (Å²) in [6.45, 7) is 1.28. The molecule has 0 fully saturated rings. The predicted octanol–water partition coefficient (Wildman–Crippen LogP) is 3.89. The normalized spacial score (nSPS) is 11.2. The van der Waals surface area contributed by atoms with E-state index in [1.165, 1.54) is 0 Å². The van der Waals surface area contributed by atoms with Gasteiger partial charge in [0, 0.05) is 29.9 Å². The molecular weight excluding hydrogens is 346 g/mol. The maximum absolute atomic E-state index is 5.73. The number of hydrogen-bond donors (Lipinski definition) is 0. The van der Waals surface area contributed by atoms with Gasteiger partial charge in [0.25, 0.3) is 0 Å². The molecule has 0 saturated heterocycles. The highest BCUT2D eigenvalue weighted by Gasteiger charge is 2.12.